The third-order valence-corrected chi connectivity index (χ3v) is 6.30. The molecule has 4 rings (SSSR count). The van der Waals surface area contributed by atoms with Crippen LogP contribution in [0.4, 0.5) is 13.2 Å². The van der Waals surface area contributed by atoms with Gasteiger partial charge in [-0.15, -0.1) is 0 Å². The van der Waals surface area contributed by atoms with Gasteiger partial charge in [0, 0.05) is 31.1 Å². The van der Waals surface area contributed by atoms with Crippen molar-refractivity contribution in [3.63, 3.8) is 0 Å². The molecule has 2 aromatic rings. The number of piperidine rings is 1. The minimum atomic E-state index is -4.43. The Hall–Kier alpha value is -2.18. The quantitative estimate of drug-likeness (QED) is 0.824. The summed E-state index contributed by atoms with van der Waals surface area (Å²) in [6.45, 7) is 1.74. The maximum Gasteiger partial charge on any atom is 0.416 e. The number of Topliss-reactive ketones (excluding diaryl/α,β-unsaturated/α-hetero) is 1. The predicted octanol–water partition coefficient (Wildman–Crippen LogP) is 4.43. The van der Waals surface area contributed by atoms with Gasteiger partial charge in [-0.2, -0.15) is 13.2 Å². The standard InChI is InChI=1S/C23H24F3NO2/c24-23(25,26)19-6-3-5-18(14-19)22(29)10-12-27(13-11-22)15-17-9-8-16-4-1-2-7-20(16)21(17)28/h1-7,14,17,29H,8-13,15H2. The van der Waals surface area contributed by atoms with Crippen molar-refractivity contribution in [3.8, 4) is 0 Å². The van der Waals surface area contributed by atoms with Crippen LogP contribution in [0.2, 0.25) is 0 Å². The van der Waals surface area contributed by atoms with Crippen LogP contribution in [0.5, 0.6) is 0 Å². The van der Waals surface area contributed by atoms with Gasteiger partial charge in [0.05, 0.1) is 11.2 Å². The second-order valence-corrected chi connectivity index (χ2v) is 8.17. The number of aryl methyl sites for hydroxylation is 1. The van der Waals surface area contributed by atoms with Crippen molar-refractivity contribution in [1.29, 1.82) is 0 Å². The normalized spacial score (nSPS) is 22.3. The molecule has 0 saturated carbocycles. The van der Waals surface area contributed by atoms with E-state index in [1.165, 1.54) is 6.07 Å². The van der Waals surface area contributed by atoms with Crippen molar-refractivity contribution in [1.82, 2.24) is 4.90 Å². The van der Waals surface area contributed by atoms with Gasteiger partial charge < -0.3 is 10.0 Å². The van der Waals surface area contributed by atoms with Gasteiger partial charge in [-0.05, 0) is 48.9 Å². The fraction of sp³-hybridized carbons (Fsp3) is 0.435. The molecular weight excluding hydrogens is 379 g/mol. The Balaban J connectivity index is 1.40. The van der Waals surface area contributed by atoms with E-state index in [0.29, 0.717) is 38.0 Å². The fourth-order valence-electron chi connectivity index (χ4n) is 4.52. The molecule has 2 aromatic carbocycles. The minimum Gasteiger partial charge on any atom is -0.385 e. The smallest absolute Gasteiger partial charge is 0.385 e. The highest BCUT2D eigenvalue weighted by Gasteiger charge is 2.38. The maximum absolute atomic E-state index is 13.0. The molecule has 154 valence electrons. The van der Waals surface area contributed by atoms with Gasteiger partial charge in [0.25, 0.3) is 0 Å². The number of carbonyl (C=O) groups excluding carboxylic acids is 1. The van der Waals surface area contributed by atoms with E-state index in [2.05, 4.69) is 4.90 Å². The number of hydrogen-bond donors (Lipinski definition) is 1. The molecule has 1 aliphatic heterocycles. The topological polar surface area (TPSA) is 40.5 Å². The van der Waals surface area contributed by atoms with Gasteiger partial charge in [-0.1, -0.05) is 36.4 Å². The molecule has 6 heteroatoms. The van der Waals surface area contributed by atoms with E-state index in [1.54, 1.807) is 6.07 Å². The van der Waals surface area contributed by atoms with E-state index >= 15 is 0 Å². The molecule has 3 nitrogen and oxygen atoms in total. The zero-order valence-corrected chi connectivity index (χ0v) is 16.1. The summed E-state index contributed by atoms with van der Waals surface area (Å²) in [7, 11) is 0. The molecule has 1 fully saturated rings. The molecule has 1 N–H and O–H groups in total. The van der Waals surface area contributed by atoms with Crippen LogP contribution < -0.4 is 0 Å². The molecule has 1 unspecified atom stereocenters. The zero-order chi connectivity index (χ0) is 20.6. The summed E-state index contributed by atoms with van der Waals surface area (Å²) in [5, 5.41) is 11.0. The van der Waals surface area contributed by atoms with E-state index in [1.807, 2.05) is 24.3 Å². The van der Waals surface area contributed by atoms with Crippen molar-refractivity contribution in [2.24, 2.45) is 5.92 Å². The van der Waals surface area contributed by atoms with E-state index in [-0.39, 0.29) is 11.7 Å². The average molecular weight is 403 g/mol. The van der Waals surface area contributed by atoms with Gasteiger partial charge in [0.2, 0.25) is 0 Å². The number of hydrogen-bond acceptors (Lipinski definition) is 3. The number of nitrogens with zero attached hydrogens (tertiary/aromatic N) is 1. The average Bonchev–Trinajstić information content (AvgIpc) is 2.71. The number of carbonyl (C=O) groups is 1. The highest BCUT2D eigenvalue weighted by Crippen LogP contribution is 2.37. The number of ketones is 1. The van der Waals surface area contributed by atoms with Crippen molar-refractivity contribution >= 4 is 5.78 Å². The first-order valence-electron chi connectivity index (χ1n) is 10.0. The lowest BCUT2D eigenvalue weighted by Crippen LogP contribution is -2.45. The van der Waals surface area contributed by atoms with Crippen molar-refractivity contribution in [3.05, 3.63) is 70.8 Å². The Morgan fingerprint density at radius 1 is 1.07 bits per heavy atom. The number of halogens is 3. The lowest BCUT2D eigenvalue weighted by atomic mass is 9.81. The number of aliphatic hydroxyl groups is 1. The van der Waals surface area contributed by atoms with Crippen LogP contribution in [-0.2, 0) is 18.2 Å². The number of rotatable bonds is 3. The second-order valence-electron chi connectivity index (χ2n) is 8.17. The van der Waals surface area contributed by atoms with Crippen LogP contribution in [0.25, 0.3) is 0 Å². The van der Waals surface area contributed by atoms with Gasteiger partial charge in [-0.3, -0.25) is 4.79 Å². The highest BCUT2D eigenvalue weighted by molar-refractivity contribution is 6.00. The van der Waals surface area contributed by atoms with Crippen molar-refractivity contribution in [2.75, 3.05) is 19.6 Å². The molecule has 2 aliphatic rings. The lowest BCUT2D eigenvalue weighted by Gasteiger charge is -2.40. The summed E-state index contributed by atoms with van der Waals surface area (Å²) < 4.78 is 39.0. The summed E-state index contributed by atoms with van der Waals surface area (Å²) in [4.78, 5) is 14.9. The van der Waals surface area contributed by atoms with Crippen molar-refractivity contribution < 1.29 is 23.1 Å². The molecular formula is C23H24F3NO2. The molecule has 0 bridgehead atoms. The third kappa shape index (κ3) is 4.09. The Morgan fingerprint density at radius 2 is 1.79 bits per heavy atom. The predicted molar refractivity (Wildman–Crippen MR) is 104 cm³/mol. The molecule has 0 spiro atoms. The number of benzene rings is 2. The Bertz CT molecular complexity index is 901. The molecule has 0 amide bonds. The second kappa shape index (κ2) is 7.58. The SMILES string of the molecule is O=C1c2ccccc2CCC1CN1CCC(O)(c2cccc(C(F)(F)F)c2)CC1. The Labute approximate surface area is 168 Å². The molecule has 1 heterocycles. The summed E-state index contributed by atoms with van der Waals surface area (Å²) in [6, 6.07) is 12.7. The molecule has 29 heavy (non-hydrogen) atoms. The monoisotopic (exact) mass is 403 g/mol. The summed E-state index contributed by atoms with van der Waals surface area (Å²) in [5.74, 6) is 0.107. The van der Waals surface area contributed by atoms with Crippen LogP contribution >= 0.6 is 0 Å². The Kier molecular flexibility index (Phi) is 5.25. The first-order valence-corrected chi connectivity index (χ1v) is 10.0. The first-order chi connectivity index (χ1) is 13.8. The largest absolute Gasteiger partial charge is 0.416 e. The Morgan fingerprint density at radius 3 is 2.52 bits per heavy atom. The van der Waals surface area contributed by atoms with E-state index in [0.717, 1.165) is 36.1 Å². The molecule has 0 aromatic heterocycles. The maximum atomic E-state index is 13.0. The van der Waals surface area contributed by atoms with Crippen molar-refractivity contribution in [2.45, 2.75) is 37.5 Å². The zero-order valence-electron chi connectivity index (χ0n) is 16.1. The lowest BCUT2D eigenvalue weighted by molar-refractivity contribution is -0.137. The number of likely N-dealkylation sites (tertiary alicyclic amines) is 1. The third-order valence-electron chi connectivity index (χ3n) is 6.30. The molecule has 1 atom stereocenters. The number of alkyl halides is 3. The first kappa shape index (κ1) is 20.1. The molecule has 1 saturated heterocycles. The van der Waals surface area contributed by atoms with Gasteiger partial charge in [-0.25, -0.2) is 0 Å². The van der Waals surface area contributed by atoms with Crippen LogP contribution in [0, 0.1) is 5.92 Å². The summed E-state index contributed by atoms with van der Waals surface area (Å²) in [5.41, 5.74) is 0.223. The van der Waals surface area contributed by atoms with Gasteiger partial charge >= 0.3 is 6.18 Å². The summed E-state index contributed by atoms with van der Waals surface area (Å²) >= 11 is 0. The summed E-state index contributed by atoms with van der Waals surface area (Å²) in [6.07, 6.45) is -2.03. The highest BCUT2D eigenvalue weighted by atomic mass is 19.4. The van der Waals surface area contributed by atoms with Crippen LogP contribution in [0.1, 0.15) is 46.3 Å². The minimum absolute atomic E-state index is 0.0651. The van der Waals surface area contributed by atoms with E-state index in [4.69, 9.17) is 0 Å². The molecule has 1 aliphatic carbocycles. The van der Waals surface area contributed by atoms with E-state index < -0.39 is 17.3 Å². The molecule has 0 radical (unpaired) electrons. The van der Waals surface area contributed by atoms with E-state index in [9.17, 15) is 23.1 Å². The van der Waals surface area contributed by atoms with Crippen LogP contribution in [-0.4, -0.2) is 35.4 Å². The number of fused-ring (bicyclic) bond motifs is 1. The van der Waals surface area contributed by atoms with Gasteiger partial charge in [0.1, 0.15) is 0 Å². The van der Waals surface area contributed by atoms with Gasteiger partial charge in [0.15, 0.2) is 5.78 Å². The van der Waals surface area contributed by atoms with Crippen LogP contribution in [0.3, 0.4) is 0 Å². The fourth-order valence-corrected chi connectivity index (χ4v) is 4.52. The van der Waals surface area contributed by atoms with Crippen LogP contribution in [0.15, 0.2) is 48.5 Å².